The zero-order chi connectivity index (χ0) is 21.2. The number of rotatable bonds is 4. The molecular weight excluding hydrogens is 388 g/mol. The number of nitrogens with zero attached hydrogens (tertiary/aromatic N) is 5. The van der Waals surface area contributed by atoms with Crippen LogP contribution in [0.2, 0.25) is 0 Å². The van der Waals surface area contributed by atoms with Crippen molar-refractivity contribution in [2.24, 2.45) is 7.05 Å². The van der Waals surface area contributed by atoms with E-state index in [1.54, 1.807) is 4.68 Å². The van der Waals surface area contributed by atoms with Gasteiger partial charge in [0, 0.05) is 49.2 Å². The van der Waals surface area contributed by atoms with Gasteiger partial charge in [-0.25, -0.2) is 4.98 Å². The van der Waals surface area contributed by atoms with Crippen molar-refractivity contribution in [2.45, 2.75) is 12.6 Å². The van der Waals surface area contributed by atoms with E-state index >= 15 is 0 Å². The van der Waals surface area contributed by atoms with Gasteiger partial charge in [0.15, 0.2) is 0 Å². The molecule has 0 fully saturated rings. The van der Waals surface area contributed by atoms with E-state index in [4.69, 9.17) is 9.72 Å². The third-order valence-electron chi connectivity index (χ3n) is 5.34. The molecule has 1 aromatic carbocycles. The molecule has 0 bridgehead atoms. The number of likely N-dealkylation sites (N-methyl/N-ethyl adjacent to an activating group) is 1. The molecule has 0 amide bonds. The second-order valence-corrected chi connectivity index (χ2v) is 7.83. The quantitative estimate of drug-likeness (QED) is 0.542. The predicted molar refractivity (Wildman–Crippen MR) is 120 cm³/mol. The number of ether oxygens (including phenoxy) is 1. The van der Waals surface area contributed by atoms with Crippen LogP contribution in [0.25, 0.3) is 11.1 Å². The summed E-state index contributed by atoms with van der Waals surface area (Å²) < 4.78 is 8.13. The van der Waals surface area contributed by atoms with Gasteiger partial charge in [-0.2, -0.15) is 10.1 Å². The van der Waals surface area contributed by atoms with E-state index in [1.807, 2.05) is 62.0 Å². The fourth-order valence-electron chi connectivity index (χ4n) is 3.75. The molecule has 1 aliphatic heterocycles. The van der Waals surface area contributed by atoms with Gasteiger partial charge in [0.25, 0.3) is 0 Å². The Labute approximate surface area is 181 Å². The summed E-state index contributed by atoms with van der Waals surface area (Å²) in [5, 5.41) is 7.50. The lowest BCUT2D eigenvalue weighted by Gasteiger charge is -2.20. The van der Waals surface area contributed by atoms with Gasteiger partial charge < -0.3 is 10.1 Å². The van der Waals surface area contributed by atoms with E-state index in [2.05, 4.69) is 45.5 Å². The molecule has 31 heavy (non-hydrogen) atoms. The van der Waals surface area contributed by atoms with Crippen LogP contribution in [0, 0.1) is 0 Å². The SMILES string of the molecule is CN1Cc2ccc(Nc3ccc(-c4cnn(C)c4)cn3)nc2OC(c2ccccc2)C1. The molecule has 1 aliphatic rings. The summed E-state index contributed by atoms with van der Waals surface area (Å²) in [5.74, 6) is 2.09. The number of aryl methyl sites for hydroxylation is 1. The summed E-state index contributed by atoms with van der Waals surface area (Å²) in [4.78, 5) is 11.5. The van der Waals surface area contributed by atoms with E-state index in [9.17, 15) is 0 Å². The molecule has 4 heterocycles. The Morgan fingerprint density at radius 1 is 0.935 bits per heavy atom. The molecule has 0 saturated carbocycles. The Morgan fingerprint density at radius 3 is 2.52 bits per heavy atom. The van der Waals surface area contributed by atoms with Crippen LogP contribution in [0.1, 0.15) is 17.2 Å². The number of fused-ring (bicyclic) bond motifs is 1. The van der Waals surface area contributed by atoms with Crippen LogP contribution >= 0.6 is 0 Å². The summed E-state index contributed by atoms with van der Waals surface area (Å²) in [6, 6.07) is 18.3. The number of anilines is 2. The molecular formula is C24H24N6O. The molecule has 0 saturated heterocycles. The maximum atomic E-state index is 6.35. The molecule has 0 radical (unpaired) electrons. The van der Waals surface area contributed by atoms with Crippen molar-refractivity contribution in [2.75, 3.05) is 18.9 Å². The molecule has 1 N–H and O–H groups in total. The topological polar surface area (TPSA) is 68.1 Å². The molecule has 4 aromatic rings. The van der Waals surface area contributed by atoms with Crippen LogP contribution in [0.4, 0.5) is 11.6 Å². The minimum Gasteiger partial charge on any atom is -0.468 e. The second-order valence-electron chi connectivity index (χ2n) is 7.83. The van der Waals surface area contributed by atoms with E-state index in [0.29, 0.717) is 11.7 Å². The third-order valence-corrected chi connectivity index (χ3v) is 5.34. The number of hydrogen-bond acceptors (Lipinski definition) is 6. The van der Waals surface area contributed by atoms with Gasteiger partial charge in [0.1, 0.15) is 17.7 Å². The normalized spacial score (nSPS) is 16.3. The van der Waals surface area contributed by atoms with Crippen molar-refractivity contribution >= 4 is 11.6 Å². The molecule has 0 spiro atoms. The first kappa shape index (κ1) is 19.3. The van der Waals surface area contributed by atoms with Crippen LogP contribution in [-0.2, 0) is 13.6 Å². The smallest absolute Gasteiger partial charge is 0.220 e. The first-order valence-electron chi connectivity index (χ1n) is 10.3. The van der Waals surface area contributed by atoms with Crippen molar-refractivity contribution in [3.8, 4) is 17.0 Å². The lowest BCUT2D eigenvalue weighted by molar-refractivity contribution is 0.160. The predicted octanol–water partition coefficient (Wildman–Crippen LogP) is 4.19. The largest absolute Gasteiger partial charge is 0.468 e. The van der Waals surface area contributed by atoms with Crippen LogP contribution < -0.4 is 10.1 Å². The summed E-state index contributed by atoms with van der Waals surface area (Å²) in [6.07, 6.45) is 5.57. The van der Waals surface area contributed by atoms with Crippen molar-refractivity contribution in [3.63, 3.8) is 0 Å². The Balaban J connectivity index is 1.36. The van der Waals surface area contributed by atoms with Crippen molar-refractivity contribution in [3.05, 3.63) is 84.3 Å². The van der Waals surface area contributed by atoms with Crippen LogP contribution in [0.5, 0.6) is 5.88 Å². The van der Waals surface area contributed by atoms with E-state index < -0.39 is 0 Å². The maximum absolute atomic E-state index is 6.35. The highest BCUT2D eigenvalue weighted by Gasteiger charge is 2.23. The molecule has 1 unspecified atom stereocenters. The Kier molecular flexibility index (Phi) is 5.09. The van der Waals surface area contributed by atoms with Gasteiger partial charge in [-0.15, -0.1) is 0 Å². The zero-order valence-corrected chi connectivity index (χ0v) is 17.6. The highest BCUT2D eigenvalue weighted by molar-refractivity contribution is 5.63. The summed E-state index contributed by atoms with van der Waals surface area (Å²) in [5.41, 5.74) is 4.28. The molecule has 5 rings (SSSR count). The third kappa shape index (κ3) is 4.27. The Morgan fingerprint density at radius 2 is 1.77 bits per heavy atom. The van der Waals surface area contributed by atoms with Crippen molar-refractivity contribution in [1.29, 1.82) is 0 Å². The fraction of sp³-hybridized carbons (Fsp3) is 0.208. The van der Waals surface area contributed by atoms with Crippen LogP contribution in [-0.4, -0.2) is 38.2 Å². The summed E-state index contributed by atoms with van der Waals surface area (Å²) in [6.45, 7) is 1.60. The van der Waals surface area contributed by atoms with Gasteiger partial charge in [0.05, 0.1) is 6.20 Å². The summed E-state index contributed by atoms with van der Waals surface area (Å²) in [7, 11) is 4.01. The first-order chi connectivity index (χ1) is 15.1. The van der Waals surface area contributed by atoms with Crippen LogP contribution in [0.3, 0.4) is 0 Å². The van der Waals surface area contributed by atoms with Gasteiger partial charge in [0.2, 0.25) is 5.88 Å². The summed E-state index contributed by atoms with van der Waals surface area (Å²) >= 11 is 0. The molecule has 7 heteroatoms. The standard InChI is InChI=1S/C24H24N6O/c1-29-14-19-9-11-23(28-24(19)31-21(16-29)17-6-4-3-5-7-17)27-22-10-8-18(12-25-22)20-13-26-30(2)15-20/h3-13,15,21H,14,16H2,1-2H3,(H,25,27,28). The Bertz CT molecular complexity index is 1170. The lowest BCUT2D eigenvalue weighted by atomic mass is 10.1. The molecule has 3 aromatic heterocycles. The number of pyridine rings is 2. The number of hydrogen-bond donors (Lipinski definition) is 1. The molecule has 156 valence electrons. The number of aromatic nitrogens is 4. The van der Waals surface area contributed by atoms with E-state index in [1.165, 1.54) is 0 Å². The van der Waals surface area contributed by atoms with Gasteiger partial charge in [-0.3, -0.25) is 9.58 Å². The monoisotopic (exact) mass is 412 g/mol. The second kappa shape index (κ2) is 8.20. The average Bonchev–Trinajstić information content (AvgIpc) is 3.14. The van der Waals surface area contributed by atoms with E-state index in [0.717, 1.165) is 41.2 Å². The zero-order valence-electron chi connectivity index (χ0n) is 17.6. The fourth-order valence-corrected chi connectivity index (χ4v) is 3.75. The molecule has 1 atom stereocenters. The Hall–Kier alpha value is -3.71. The first-order valence-corrected chi connectivity index (χ1v) is 10.3. The van der Waals surface area contributed by atoms with Crippen molar-refractivity contribution in [1.82, 2.24) is 24.6 Å². The van der Waals surface area contributed by atoms with Crippen LogP contribution in [0.15, 0.2) is 73.2 Å². The minimum atomic E-state index is -0.0629. The molecule has 0 aliphatic carbocycles. The molecule has 7 nitrogen and oxygen atoms in total. The highest BCUT2D eigenvalue weighted by Crippen LogP contribution is 2.31. The van der Waals surface area contributed by atoms with Gasteiger partial charge >= 0.3 is 0 Å². The van der Waals surface area contributed by atoms with Gasteiger partial charge in [-0.1, -0.05) is 30.3 Å². The lowest BCUT2D eigenvalue weighted by Crippen LogP contribution is -2.24. The average molecular weight is 412 g/mol. The van der Waals surface area contributed by atoms with Gasteiger partial charge in [-0.05, 0) is 36.9 Å². The highest BCUT2D eigenvalue weighted by atomic mass is 16.5. The maximum Gasteiger partial charge on any atom is 0.220 e. The number of nitrogens with one attached hydrogen (secondary N) is 1. The van der Waals surface area contributed by atoms with E-state index in [-0.39, 0.29) is 6.10 Å². The minimum absolute atomic E-state index is 0.0629. The van der Waals surface area contributed by atoms with Crippen molar-refractivity contribution < 1.29 is 4.74 Å². The number of benzene rings is 1.